The summed E-state index contributed by atoms with van der Waals surface area (Å²) in [5.74, 6) is 4.46. The minimum atomic E-state index is -0.281. The third kappa shape index (κ3) is 6.66. The van der Waals surface area contributed by atoms with Crippen LogP contribution in [0.15, 0.2) is 188 Å². The normalized spacial score (nSPS) is 14.6. The molecule has 0 unspecified atom stereocenters. The molecule has 0 spiro atoms. The van der Waals surface area contributed by atoms with Crippen LogP contribution in [0.3, 0.4) is 0 Å². The van der Waals surface area contributed by atoms with E-state index in [1.54, 1.807) is 0 Å². The lowest BCUT2D eigenvalue weighted by Gasteiger charge is -2.35. The Balaban J connectivity index is 0.905. The summed E-state index contributed by atoms with van der Waals surface area (Å²) in [7, 11) is 0. The fourth-order valence-corrected chi connectivity index (χ4v) is 12.2. The van der Waals surface area contributed by atoms with Crippen LogP contribution in [-0.2, 0) is 10.8 Å². The maximum Gasteiger partial charge on any atom is 0.260 e. The van der Waals surface area contributed by atoms with Gasteiger partial charge in [-0.1, -0.05) is 146 Å². The largest absolute Gasteiger partial charge is 0.458 e. The van der Waals surface area contributed by atoms with Crippen molar-refractivity contribution in [2.45, 2.75) is 78.1 Å². The Bertz CT molecular complexity index is 3360. The molecular weight excluding hydrogens is 864 g/mol. The quantitative estimate of drug-likeness (QED) is 0.142. The second-order valence-corrected chi connectivity index (χ2v) is 21.7. The van der Waals surface area contributed by atoms with E-state index in [0.717, 1.165) is 62.6 Å². The van der Waals surface area contributed by atoms with Gasteiger partial charge in [0.2, 0.25) is 0 Å². The molecule has 2 aliphatic carbocycles. The highest BCUT2D eigenvalue weighted by Crippen LogP contribution is 2.54. The van der Waals surface area contributed by atoms with E-state index < -0.39 is 0 Å². The lowest BCUT2D eigenvalue weighted by Crippen LogP contribution is -2.57. The van der Waals surface area contributed by atoms with Crippen LogP contribution in [0.1, 0.15) is 101 Å². The van der Waals surface area contributed by atoms with Gasteiger partial charge in [-0.05, 0) is 175 Å². The van der Waals surface area contributed by atoms with E-state index in [-0.39, 0.29) is 17.5 Å². The molecule has 2 aliphatic heterocycles. The van der Waals surface area contributed by atoms with Gasteiger partial charge in [-0.3, -0.25) is 0 Å². The van der Waals surface area contributed by atoms with Gasteiger partial charge in [-0.2, -0.15) is 0 Å². The van der Waals surface area contributed by atoms with Gasteiger partial charge in [0.1, 0.15) is 23.0 Å². The van der Waals surface area contributed by atoms with Crippen molar-refractivity contribution in [3.05, 3.63) is 221 Å². The summed E-state index contributed by atoms with van der Waals surface area (Å²) in [6.45, 7) is 18.5. The topological polar surface area (TPSA) is 24.9 Å². The van der Waals surface area contributed by atoms with Crippen LogP contribution in [0.2, 0.25) is 0 Å². The summed E-state index contributed by atoms with van der Waals surface area (Å²) in [5.41, 5.74) is 22.6. The summed E-state index contributed by atoms with van der Waals surface area (Å²) < 4.78 is 13.9. The first-order valence-electron chi connectivity index (χ1n) is 25.4. The fourth-order valence-electron chi connectivity index (χ4n) is 12.2. The summed E-state index contributed by atoms with van der Waals surface area (Å²) in [6.07, 6.45) is 0. The van der Waals surface area contributed by atoms with Crippen LogP contribution in [0, 0.1) is 0 Å². The lowest BCUT2D eigenvalue weighted by atomic mass is 9.34. The molecule has 9 aromatic rings. The highest BCUT2D eigenvalue weighted by molar-refractivity contribution is 6.98. The Labute approximate surface area is 419 Å². The average Bonchev–Trinajstić information content (AvgIpc) is 3.73. The second-order valence-electron chi connectivity index (χ2n) is 21.7. The minimum absolute atomic E-state index is 0.0702. The molecule has 0 radical (unpaired) electrons. The van der Waals surface area contributed by atoms with E-state index in [0.29, 0.717) is 11.8 Å². The molecule has 0 aromatic heterocycles. The summed E-state index contributed by atoms with van der Waals surface area (Å²) in [4.78, 5) is 4.77. The van der Waals surface area contributed by atoms with E-state index in [2.05, 4.69) is 253 Å². The molecule has 0 saturated heterocycles. The van der Waals surface area contributed by atoms with Crippen molar-refractivity contribution in [3.8, 4) is 45.3 Å². The Morgan fingerprint density at radius 1 is 0.352 bits per heavy atom. The second kappa shape index (κ2) is 15.9. The molecule has 346 valence electrons. The molecule has 0 amide bonds. The number of benzene rings is 9. The maximum atomic E-state index is 6.97. The lowest BCUT2D eigenvalue weighted by molar-refractivity contribution is 0.464. The smallest absolute Gasteiger partial charge is 0.260 e. The number of para-hydroxylation sites is 2. The predicted molar refractivity (Wildman–Crippen MR) is 297 cm³/mol. The van der Waals surface area contributed by atoms with Crippen LogP contribution >= 0.6 is 0 Å². The number of ether oxygens (including phenoxy) is 2. The summed E-state index contributed by atoms with van der Waals surface area (Å²) >= 11 is 0. The molecule has 0 saturated carbocycles. The Hall–Kier alpha value is -7.76. The molecule has 9 aromatic carbocycles. The molecule has 0 atom stereocenters. The van der Waals surface area contributed by atoms with E-state index in [1.165, 1.54) is 66.6 Å². The van der Waals surface area contributed by atoms with Crippen LogP contribution in [0.25, 0.3) is 22.3 Å². The maximum absolute atomic E-state index is 6.97. The number of hydrogen-bond acceptors (Lipinski definition) is 4. The zero-order valence-electron chi connectivity index (χ0n) is 41.8. The Morgan fingerprint density at radius 2 is 0.718 bits per heavy atom. The van der Waals surface area contributed by atoms with Gasteiger partial charge in [0.15, 0.2) is 0 Å². The number of hydrogen-bond donors (Lipinski definition) is 0. The van der Waals surface area contributed by atoms with Crippen molar-refractivity contribution in [1.82, 2.24) is 0 Å². The van der Waals surface area contributed by atoms with Crippen LogP contribution in [0.5, 0.6) is 23.0 Å². The van der Waals surface area contributed by atoms with Gasteiger partial charge in [-0.15, -0.1) is 0 Å². The number of anilines is 6. The van der Waals surface area contributed by atoms with Gasteiger partial charge in [0.05, 0.1) is 0 Å². The number of fused-ring (bicyclic) bond motifs is 10. The minimum Gasteiger partial charge on any atom is -0.458 e. The average molecular weight is 921 g/mol. The van der Waals surface area contributed by atoms with Crippen molar-refractivity contribution in [2.24, 2.45) is 0 Å². The van der Waals surface area contributed by atoms with Gasteiger partial charge >= 0.3 is 0 Å². The molecule has 5 heteroatoms. The zero-order valence-corrected chi connectivity index (χ0v) is 41.8. The van der Waals surface area contributed by atoms with Crippen molar-refractivity contribution in [2.75, 3.05) is 9.80 Å². The summed E-state index contributed by atoms with van der Waals surface area (Å²) in [5, 5.41) is 0. The Morgan fingerprint density at radius 3 is 1.11 bits per heavy atom. The molecule has 0 fully saturated rings. The third-order valence-electron chi connectivity index (χ3n) is 16.1. The molecule has 4 aliphatic rings. The monoisotopic (exact) mass is 920 g/mol. The first kappa shape index (κ1) is 43.3. The molecule has 4 nitrogen and oxygen atoms in total. The van der Waals surface area contributed by atoms with Crippen molar-refractivity contribution in [3.63, 3.8) is 0 Å². The zero-order chi connectivity index (χ0) is 48.5. The SMILES string of the molecule is CC(C)c1ccc(N(c2ccccc2)c2ccc3c(c2)C(C)(C)c2cc4c(cc2-3)Oc2cccc3c2B4c2cc4c(cc2O3)-c2ccc(N(c3ccccc3)c3ccc(C(C)C)cc3)cc2C4(C)C)cc1. The van der Waals surface area contributed by atoms with Gasteiger partial charge in [0, 0.05) is 50.4 Å². The first-order valence-corrected chi connectivity index (χ1v) is 25.4. The first-order chi connectivity index (χ1) is 34.3. The summed E-state index contributed by atoms with van der Waals surface area (Å²) in [6, 6.07) is 69.5. The number of rotatable bonds is 8. The predicted octanol–water partition coefficient (Wildman–Crippen LogP) is 16.2. The molecule has 13 rings (SSSR count). The van der Waals surface area contributed by atoms with E-state index in [1.807, 2.05) is 0 Å². The fraction of sp³-hybridized carbons (Fsp3) is 0.182. The molecule has 0 N–H and O–H groups in total. The van der Waals surface area contributed by atoms with Crippen LogP contribution < -0.4 is 35.7 Å². The molecule has 2 heterocycles. The van der Waals surface area contributed by atoms with E-state index >= 15 is 0 Å². The molecule has 0 bridgehead atoms. The third-order valence-corrected chi connectivity index (χ3v) is 16.1. The standard InChI is InChI=1S/C66H57BN2O2/c1-40(2)42-22-26-46(27-23-42)68(44-16-11-9-12-17-44)48-30-32-50-52-36-62-58(38-56(52)65(5,6)54(50)34-48)67-59-39-57-53(37-63(59)71-61-21-15-20-60(70-62)64(61)67)51-33-31-49(35-55(51)66(57,7)8)69(45-18-13-10-14-19-45)47-28-24-43(25-29-47)41(3)4/h9-41H,1-8H3. The van der Waals surface area contributed by atoms with Gasteiger partial charge < -0.3 is 19.3 Å². The van der Waals surface area contributed by atoms with Crippen LogP contribution in [-0.4, -0.2) is 6.71 Å². The number of nitrogens with zero attached hydrogens (tertiary/aromatic N) is 2. The highest BCUT2D eigenvalue weighted by Gasteiger charge is 2.46. The van der Waals surface area contributed by atoms with Crippen LogP contribution in [0.4, 0.5) is 34.1 Å². The van der Waals surface area contributed by atoms with E-state index in [9.17, 15) is 0 Å². The van der Waals surface area contributed by atoms with Gasteiger partial charge in [0.25, 0.3) is 6.71 Å². The van der Waals surface area contributed by atoms with Crippen molar-refractivity contribution in [1.29, 1.82) is 0 Å². The molecular formula is C66H57BN2O2. The Kier molecular flexibility index (Phi) is 9.68. The van der Waals surface area contributed by atoms with Gasteiger partial charge in [-0.25, -0.2) is 0 Å². The van der Waals surface area contributed by atoms with Crippen molar-refractivity contribution < 1.29 is 9.47 Å². The van der Waals surface area contributed by atoms with E-state index in [4.69, 9.17) is 9.47 Å². The molecule has 71 heavy (non-hydrogen) atoms. The highest BCUT2D eigenvalue weighted by atomic mass is 16.5. The van der Waals surface area contributed by atoms with Crippen molar-refractivity contribution >= 4 is 57.2 Å².